The number of aryl methyl sites for hydroxylation is 1. The van der Waals surface area contributed by atoms with Crippen LogP contribution in [0, 0.1) is 0 Å². The Hall–Kier alpha value is -0.870. The summed E-state index contributed by atoms with van der Waals surface area (Å²) >= 11 is 0. The van der Waals surface area contributed by atoms with Gasteiger partial charge in [0.05, 0.1) is 6.20 Å². The fourth-order valence-corrected chi connectivity index (χ4v) is 1.73. The summed E-state index contributed by atoms with van der Waals surface area (Å²) in [4.78, 5) is 0. The Bertz CT molecular complexity index is 279. The minimum Gasteiger partial charge on any atom is -0.381 e. The molecule has 1 fully saturated rings. The van der Waals surface area contributed by atoms with E-state index >= 15 is 0 Å². The second-order valence-electron chi connectivity index (χ2n) is 3.79. The molecule has 0 spiro atoms. The maximum Gasteiger partial charge on any atom is 0.0534 e. The van der Waals surface area contributed by atoms with Crippen molar-refractivity contribution in [3.8, 4) is 0 Å². The van der Waals surface area contributed by atoms with Crippen molar-refractivity contribution in [3.63, 3.8) is 0 Å². The van der Waals surface area contributed by atoms with Crippen LogP contribution >= 0.6 is 0 Å². The molecule has 2 rings (SSSR count). The van der Waals surface area contributed by atoms with E-state index in [-0.39, 0.29) is 0 Å². The topological polar surface area (TPSA) is 39.1 Å². The van der Waals surface area contributed by atoms with Crippen LogP contribution in [0.5, 0.6) is 0 Å². The molecule has 0 amide bonds. The molecule has 0 radical (unpaired) electrons. The number of nitrogens with zero attached hydrogens (tertiary/aromatic N) is 2. The molecule has 1 aromatic rings. The summed E-state index contributed by atoms with van der Waals surface area (Å²) in [5.41, 5.74) is 1.25. The van der Waals surface area contributed by atoms with E-state index in [0.717, 1.165) is 32.6 Å². The van der Waals surface area contributed by atoms with E-state index in [1.54, 1.807) is 0 Å². The average Bonchev–Trinajstić information content (AvgIpc) is 2.63. The van der Waals surface area contributed by atoms with E-state index in [9.17, 15) is 0 Å². The standard InChI is InChI=1S/C10H17N3O/c1-13-8-9(7-12-13)6-11-10-2-4-14-5-3-10/h7-8,10-11H,2-6H2,1H3. The largest absolute Gasteiger partial charge is 0.381 e. The van der Waals surface area contributed by atoms with Crippen LogP contribution in [-0.4, -0.2) is 29.0 Å². The van der Waals surface area contributed by atoms with E-state index in [4.69, 9.17) is 4.74 Å². The van der Waals surface area contributed by atoms with Gasteiger partial charge < -0.3 is 10.1 Å². The molecular formula is C10H17N3O. The summed E-state index contributed by atoms with van der Waals surface area (Å²) in [5, 5.41) is 7.65. The van der Waals surface area contributed by atoms with Gasteiger partial charge in [0.1, 0.15) is 0 Å². The Morgan fingerprint density at radius 1 is 1.57 bits per heavy atom. The molecule has 0 aliphatic carbocycles. The van der Waals surface area contributed by atoms with Gasteiger partial charge in [0.2, 0.25) is 0 Å². The molecule has 0 bridgehead atoms. The van der Waals surface area contributed by atoms with Crippen LogP contribution in [0.25, 0.3) is 0 Å². The summed E-state index contributed by atoms with van der Waals surface area (Å²) in [6.07, 6.45) is 6.21. The predicted molar refractivity (Wildman–Crippen MR) is 53.9 cm³/mol. The van der Waals surface area contributed by atoms with E-state index < -0.39 is 0 Å². The second kappa shape index (κ2) is 4.57. The zero-order valence-corrected chi connectivity index (χ0v) is 8.57. The molecule has 0 saturated carbocycles. The highest BCUT2D eigenvalue weighted by molar-refractivity contribution is 5.03. The van der Waals surface area contributed by atoms with Crippen LogP contribution in [0.2, 0.25) is 0 Å². The third-order valence-corrected chi connectivity index (χ3v) is 2.57. The quantitative estimate of drug-likeness (QED) is 0.771. The summed E-state index contributed by atoms with van der Waals surface area (Å²) in [7, 11) is 1.94. The minimum absolute atomic E-state index is 0.615. The zero-order valence-electron chi connectivity index (χ0n) is 8.57. The number of rotatable bonds is 3. The molecular weight excluding hydrogens is 178 g/mol. The van der Waals surface area contributed by atoms with Crippen molar-refractivity contribution < 1.29 is 4.74 Å². The molecule has 0 atom stereocenters. The molecule has 4 nitrogen and oxygen atoms in total. The number of aromatic nitrogens is 2. The van der Waals surface area contributed by atoms with E-state index in [1.165, 1.54) is 5.56 Å². The molecule has 1 saturated heterocycles. The second-order valence-corrected chi connectivity index (χ2v) is 3.79. The minimum atomic E-state index is 0.615. The fourth-order valence-electron chi connectivity index (χ4n) is 1.73. The van der Waals surface area contributed by atoms with Gasteiger partial charge in [-0.1, -0.05) is 0 Å². The summed E-state index contributed by atoms with van der Waals surface area (Å²) in [6, 6.07) is 0.615. The van der Waals surface area contributed by atoms with E-state index in [1.807, 2.05) is 24.1 Å². The highest BCUT2D eigenvalue weighted by atomic mass is 16.5. The number of ether oxygens (including phenoxy) is 1. The first-order valence-electron chi connectivity index (χ1n) is 5.13. The summed E-state index contributed by atoms with van der Waals surface area (Å²) < 4.78 is 7.13. The molecule has 1 aromatic heterocycles. The molecule has 4 heteroatoms. The lowest BCUT2D eigenvalue weighted by molar-refractivity contribution is 0.0776. The Kier molecular flexibility index (Phi) is 3.16. The van der Waals surface area contributed by atoms with Crippen LogP contribution in [0.4, 0.5) is 0 Å². The molecule has 0 unspecified atom stereocenters. The number of nitrogens with one attached hydrogen (secondary N) is 1. The van der Waals surface area contributed by atoms with E-state index in [0.29, 0.717) is 6.04 Å². The lowest BCUT2D eigenvalue weighted by Crippen LogP contribution is -2.34. The molecule has 1 N–H and O–H groups in total. The normalized spacial score (nSPS) is 18.6. The van der Waals surface area contributed by atoms with Crippen LogP contribution in [-0.2, 0) is 18.3 Å². The molecule has 14 heavy (non-hydrogen) atoms. The van der Waals surface area contributed by atoms with Crippen molar-refractivity contribution in [1.82, 2.24) is 15.1 Å². The smallest absolute Gasteiger partial charge is 0.0534 e. The third-order valence-electron chi connectivity index (χ3n) is 2.57. The SMILES string of the molecule is Cn1cc(CNC2CCOCC2)cn1. The number of hydrogen-bond donors (Lipinski definition) is 1. The van der Waals surface area contributed by atoms with Gasteiger partial charge in [-0.3, -0.25) is 4.68 Å². The third kappa shape index (κ3) is 2.56. The van der Waals surface area contributed by atoms with Crippen molar-refractivity contribution in [2.75, 3.05) is 13.2 Å². The van der Waals surface area contributed by atoms with Gasteiger partial charge >= 0.3 is 0 Å². The lowest BCUT2D eigenvalue weighted by atomic mass is 10.1. The van der Waals surface area contributed by atoms with Gasteiger partial charge in [-0.15, -0.1) is 0 Å². The first kappa shape index (κ1) is 9.68. The molecule has 1 aliphatic rings. The van der Waals surface area contributed by atoms with Crippen molar-refractivity contribution in [2.45, 2.75) is 25.4 Å². The first-order valence-corrected chi connectivity index (χ1v) is 5.13. The van der Waals surface area contributed by atoms with Gasteiger partial charge in [0, 0.05) is 44.6 Å². The van der Waals surface area contributed by atoms with Crippen molar-refractivity contribution in [2.24, 2.45) is 7.05 Å². The highest BCUT2D eigenvalue weighted by Gasteiger charge is 2.12. The number of hydrogen-bond acceptors (Lipinski definition) is 3. The average molecular weight is 195 g/mol. The van der Waals surface area contributed by atoms with Gasteiger partial charge in [-0.2, -0.15) is 5.10 Å². The van der Waals surface area contributed by atoms with Crippen LogP contribution in [0.15, 0.2) is 12.4 Å². The Morgan fingerprint density at radius 2 is 2.36 bits per heavy atom. The molecule has 1 aliphatic heterocycles. The Balaban J connectivity index is 1.76. The molecule has 78 valence electrons. The maximum absolute atomic E-state index is 5.30. The summed E-state index contributed by atoms with van der Waals surface area (Å²) in [6.45, 7) is 2.70. The highest BCUT2D eigenvalue weighted by Crippen LogP contribution is 2.07. The monoisotopic (exact) mass is 195 g/mol. The van der Waals surface area contributed by atoms with Gasteiger partial charge in [0.15, 0.2) is 0 Å². The summed E-state index contributed by atoms with van der Waals surface area (Å²) in [5.74, 6) is 0. The van der Waals surface area contributed by atoms with Gasteiger partial charge in [-0.25, -0.2) is 0 Å². The van der Waals surface area contributed by atoms with Crippen LogP contribution < -0.4 is 5.32 Å². The first-order chi connectivity index (χ1) is 6.84. The molecule has 0 aromatic carbocycles. The predicted octanol–water partition coefficient (Wildman–Crippen LogP) is 0.689. The van der Waals surface area contributed by atoms with Gasteiger partial charge in [0.25, 0.3) is 0 Å². The van der Waals surface area contributed by atoms with Gasteiger partial charge in [-0.05, 0) is 12.8 Å². The van der Waals surface area contributed by atoms with Crippen molar-refractivity contribution in [3.05, 3.63) is 18.0 Å². The van der Waals surface area contributed by atoms with Crippen LogP contribution in [0.3, 0.4) is 0 Å². The van der Waals surface area contributed by atoms with Crippen molar-refractivity contribution >= 4 is 0 Å². The Morgan fingerprint density at radius 3 is 3.00 bits per heavy atom. The zero-order chi connectivity index (χ0) is 9.80. The van der Waals surface area contributed by atoms with Crippen LogP contribution in [0.1, 0.15) is 18.4 Å². The Labute approximate surface area is 84.3 Å². The molecule has 2 heterocycles. The fraction of sp³-hybridized carbons (Fsp3) is 0.700. The lowest BCUT2D eigenvalue weighted by Gasteiger charge is -2.22. The van der Waals surface area contributed by atoms with Crippen molar-refractivity contribution in [1.29, 1.82) is 0 Å². The van der Waals surface area contributed by atoms with E-state index in [2.05, 4.69) is 10.4 Å². The maximum atomic E-state index is 5.30.